The van der Waals surface area contributed by atoms with E-state index in [4.69, 9.17) is 4.74 Å². The molecule has 0 aromatic carbocycles. The van der Waals surface area contributed by atoms with Gasteiger partial charge in [-0.3, -0.25) is 4.79 Å². The molecule has 6 heteroatoms. The van der Waals surface area contributed by atoms with Gasteiger partial charge in [0.15, 0.2) is 0 Å². The summed E-state index contributed by atoms with van der Waals surface area (Å²) >= 11 is 0. The Morgan fingerprint density at radius 1 is 1.20 bits per heavy atom. The van der Waals surface area contributed by atoms with Crippen molar-refractivity contribution >= 4 is 22.9 Å². The van der Waals surface area contributed by atoms with Gasteiger partial charge in [0, 0.05) is 26.3 Å². The Kier molecular flexibility index (Phi) is 4.88. The molecule has 1 fully saturated rings. The minimum Gasteiger partial charge on any atom is -0.461 e. The number of rotatable bonds is 4. The average Bonchev–Trinajstić information content (AvgIpc) is 3.07. The number of piperidine rings is 1. The minimum atomic E-state index is -0.383. The third-order valence-electron chi connectivity index (χ3n) is 4.95. The van der Waals surface area contributed by atoms with Gasteiger partial charge in [-0.25, -0.2) is 4.79 Å². The first-order valence-corrected chi connectivity index (χ1v) is 9.00. The Morgan fingerprint density at radius 2 is 1.88 bits per heavy atom. The van der Waals surface area contributed by atoms with Gasteiger partial charge in [0.25, 0.3) is 0 Å². The molecule has 1 aliphatic heterocycles. The van der Waals surface area contributed by atoms with Crippen LogP contribution in [0.25, 0.3) is 11.0 Å². The van der Waals surface area contributed by atoms with E-state index in [1.54, 1.807) is 11.5 Å². The van der Waals surface area contributed by atoms with E-state index in [9.17, 15) is 9.59 Å². The molecule has 2 aromatic rings. The Hall–Kier alpha value is -2.24. The number of esters is 1. The topological polar surface area (TPSA) is 56.5 Å². The molecule has 136 valence electrons. The first-order chi connectivity index (χ1) is 11.9. The molecule has 0 radical (unpaired) electrons. The Balaban J connectivity index is 1.90. The molecular formula is C19H27N3O3. The van der Waals surface area contributed by atoms with Crippen LogP contribution in [0, 0.1) is 11.8 Å². The molecule has 2 unspecified atom stereocenters. The van der Waals surface area contributed by atoms with Gasteiger partial charge < -0.3 is 18.8 Å². The summed E-state index contributed by atoms with van der Waals surface area (Å²) in [5.41, 5.74) is 2.25. The number of nitrogens with zero attached hydrogens (tertiary/aromatic N) is 3. The van der Waals surface area contributed by atoms with Crippen molar-refractivity contribution in [2.75, 3.05) is 19.7 Å². The van der Waals surface area contributed by atoms with Crippen LogP contribution in [0.5, 0.6) is 0 Å². The van der Waals surface area contributed by atoms with Crippen molar-refractivity contribution in [2.45, 2.75) is 33.7 Å². The van der Waals surface area contributed by atoms with E-state index in [-0.39, 0.29) is 18.4 Å². The number of ether oxygens (including phenoxy) is 1. The maximum absolute atomic E-state index is 12.9. The van der Waals surface area contributed by atoms with Crippen LogP contribution in [-0.4, -0.2) is 45.6 Å². The van der Waals surface area contributed by atoms with Crippen molar-refractivity contribution in [3.05, 3.63) is 24.0 Å². The van der Waals surface area contributed by atoms with Crippen LogP contribution >= 0.6 is 0 Å². The normalized spacial score (nSPS) is 20.9. The molecule has 6 nitrogen and oxygen atoms in total. The van der Waals surface area contributed by atoms with Gasteiger partial charge in [-0.15, -0.1) is 0 Å². The second kappa shape index (κ2) is 6.94. The number of hydrogen-bond donors (Lipinski definition) is 0. The van der Waals surface area contributed by atoms with Crippen molar-refractivity contribution in [1.82, 2.24) is 14.0 Å². The predicted octanol–water partition coefficient (Wildman–Crippen LogP) is 2.66. The number of likely N-dealkylation sites (tertiary alicyclic amines) is 1. The van der Waals surface area contributed by atoms with Gasteiger partial charge >= 0.3 is 5.97 Å². The summed E-state index contributed by atoms with van der Waals surface area (Å²) < 4.78 is 8.91. The van der Waals surface area contributed by atoms with Crippen LogP contribution in [0.2, 0.25) is 0 Å². The lowest BCUT2D eigenvalue weighted by atomic mass is 9.92. The van der Waals surface area contributed by atoms with Crippen LogP contribution in [0.3, 0.4) is 0 Å². The van der Waals surface area contributed by atoms with Crippen LogP contribution in [-0.2, 0) is 23.1 Å². The molecule has 25 heavy (non-hydrogen) atoms. The lowest BCUT2D eigenvalue weighted by Crippen LogP contribution is -2.44. The SMILES string of the molecule is CCOC(=O)c1cc2c(ccn2C)n1CC(=O)N1CC(C)CC(C)C1. The molecule has 1 saturated heterocycles. The molecular weight excluding hydrogens is 318 g/mol. The Labute approximate surface area is 148 Å². The number of hydrogen-bond acceptors (Lipinski definition) is 3. The highest BCUT2D eigenvalue weighted by molar-refractivity contribution is 5.96. The standard InChI is InChI=1S/C19H27N3O3/c1-5-25-19(24)17-9-16-15(6-7-20(16)4)22(17)12-18(23)21-10-13(2)8-14(3)11-21/h6-7,9,13-14H,5,8,10-12H2,1-4H3. The van der Waals surface area contributed by atoms with Crippen molar-refractivity contribution in [3.63, 3.8) is 0 Å². The zero-order chi connectivity index (χ0) is 18.1. The zero-order valence-electron chi connectivity index (χ0n) is 15.5. The molecule has 2 aromatic heterocycles. The Bertz CT molecular complexity index is 779. The van der Waals surface area contributed by atoms with Gasteiger partial charge in [0.1, 0.15) is 12.2 Å². The third kappa shape index (κ3) is 3.43. The smallest absolute Gasteiger partial charge is 0.355 e. The number of carbonyl (C=O) groups is 2. The third-order valence-corrected chi connectivity index (χ3v) is 4.95. The van der Waals surface area contributed by atoms with Gasteiger partial charge in [-0.1, -0.05) is 13.8 Å². The van der Waals surface area contributed by atoms with Crippen LogP contribution < -0.4 is 0 Å². The monoisotopic (exact) mass is 345 g/mol. The van der Waals surface area contributed by atoms with Gasteiger partial charge in [0.05, 0.1) is 17.6 Å². The van der Waals surface area contributed by atoms with Gasteiger partial charge in [0.2, 0.25) is 5.91 Å². The summed E-state index contributed by atoms with van der Waals surface area (Å²) in [4.78, 5) is 27.1. The Morgan fingerprint density at radius 3 is 2.52 bits per heavy atom. The predicted molar refractivity (Wildman–Crippen MR) is 96.4 cm³/mol. The largest absolute Gasteiger partial charge is 0.461 e. The van der Waals surface area contributed by atoms with Crippen molar-refractivity contribution in [2.24, 2.45) is 18.9 Å². The lowest BCUT2D eigenvalue weighted by Gasteiger charge is -2.35. The summed E-state index contributed by atoms with van der Waals surface area (Å²) in [6, 6.07) is 3.74. The van der Waals surface area contributed by atoms with Crippen molar-refractivity contribution in [1.29, 1.82) is 0 Å². The number of carbonyl (C=O) groups excluding carboxylic acids is 2. The average molecular weight is 345 g/mol. The molecule has 0 aliphatic carbocycles. The van der Waals surface area contributed by atoms with E-state index in [1.807, 2.05) is 34.8 Å². The first kappa shape index (κ1) is 17.6. The van der Waals surface area contributed by atoms with Crippen LogP contribution in [0.1, 0.15) is 37.7 Å². The molecule has 0 saturated carbocycles. The molecule has 1 amide bonds. The number of aromatic nitrogens is 2. The quantitative estimate of drug-likeness (QED) is 0.801. The minimum absolute atomic E-state index is 0.0605. The summed E-state index contributed by atoms with van der Waals surface area (Å²) in [6.45, 7) is 8.22. The van der Waals surface area contributed by atoms with Crippen LogP contribution in [0.15, 0.2) is 18.3 Å². The second-order valence-electron chi connectivity index (χ2n) is 7.28. The molecule has 0 spiro atoms. The molecule has 1 aliphatic rings. The fraction of sp³-hybridized carbons (Fsp3) is 0.579. The summed E-state index contributed by atoms with van der Waals surface area (Å²) in [5, 5.41) is 0. The van der Waals surface area contributed by atoms with Gasteiger partial charge in [-0.05, 0) is 37.3 Å². The van der Waals surface area contributed by atoms with Crippen molar-refractivity contribution < 1.29 is 14.3 Å². The van der Waals surface area contributed by atoms with E-state index in [0.29, 0.717) is 24.1 Å². The highest BCUT2D eigenvalue weighted by atomic mass is 16.5. The molecule has 3 heterocycles. The molecule has 3 rings (SSSR count). The molecule has 0 bridgehead atoms. The fourth-order valence-electron chi connectivity index (χ4n) is 3.92. The summed E-state index contributed by atoms with van der Waals surface area (Å²) in [6.07, 6.45) is 3.09. The first-order valence-electron chi connectivity index (χ1n) is 9.00. The zero-order valence-corrected chi connectivity index (χ0v) is 15.5. The number of fused-ring (bicyclic) bond motifs is 1. The lowest BCUT2D eigenvalue weighted by molar-refractivity contribution is -0.134. The van der Waals surface area contributed by atoms with E-state index in [0.717, 1.165) is 30.5 Å². The van der Waals surface area contributed by atoms with Crippen LogP contribution in [0.4, 0.5) is 0 Å². The van der Waals surface area contributed by atoms with E-state index >= 15 is 0 Å². The fourth-order valence-corrected chi connectivity index (χ4v) is 3.92. The van der Waals surface area contributed by atoms with Gasteiger partial charge in [-0.2, -0.15) is 0 Å². The number of aryl methyl sites for hydroxylation is 1. The highest BCUT2D eigenvalue weighted by Crippen LogP contribution is 2.24. The highest BCUT2D eigenvalue weighted by Gasteiger charge is 2.27. The van der Waals surface area contributed by atoms with E-state index < -0.39 is 0 Å². The summed E-state index contributed by atoms with van der Waals surface area (Å²) in [7, 11) is 1.93. The van der Waals surface area contributed by atoms with Crippen molar-refractivity contribution in [3.8, 4) is 0 Å². The van der Waals surface area contributed by atoms with E-state index in [2.05, 4.69) is 13.8 Å². The molecule has 2 atom stereocenters. The van der Waals surface area contributed by atoms with E-state index in [1.165, 1.54) is 0 Å². The summed E-state index contributed by atoms with van der Waals surface area (Å²) in [5.74, 6) is 0.703. The maximum atomic E-state index is 12.9. The number of amides is 1. The molecule has 0 N–H and O–H groups in total. The second-order valence-corrected chi connectivity index (χ2v) is 7.28. The maximum Gasteiger partial charge on any atom is 0.355 e.